The van der Waals surface area contributed by atoms with Crippen molar-refractivity contribution in [3.63, 3.8) is 0 Å². The van der Waals surface area contributed by atoms with Crippen LogP contribution in [0.3, 0.4) is 0 Å². The first-order valence-corrected chi connectivity index (χ1v) is 5.93. The monoisotopic (exact) mass is 282 g/mol. The van der Waals surface area contributed by atoms with Crippen LogP contribution in [0.2, 0.25) is 0 Å². The molecule has 8 nitrogen and oxygen atoms in total. The number of rotatable bonds is 4. The second-order valence-corrected chi connectivity index (χ2v) is 4.37. The van der Waals surface area contributed by atoms with Crippen LogP contribution in [-0.4, -0.2) is 53.4 Å². The summed E-state index contributed by atoms with van der Waals surface area (Å²) in [5.41, 5.74) is -0.0791. The highest BCUT2D eigenvalue weighted by Gasteiger charge is 2.37. The van der Waals surface area contributed by atoms with Crippen LogP contribution in [0.1, 0.15) is 0 Å². The fraction of sp³-hybridized carbons (Fsp3) is 0.417. The Labute approximate surface area is 114 Å². The third-order valence-corrected chi connectivity index (χ3v) is 3.10. The molecular formula is C12H14N2O6. The van der Waals surface area contributed by atoms with Crippen LogP contribution in [0.5, 0.6) is 5.75 Å². The summed E-state index contributed by atoms with van der Waals surface area (Å²) in [6.45, 7) is 0.377. The Morgan fingerprint density at radius 3 is 2.75 bits per heavy atom. The summed E-state index contributed by atoms with van der Waals surface area (Å²) in [5, 5.41) is 19.6. The number of hydrogen-bond acceptors (Lipinski definition) is 5. The van der Waals surface area contributed by atoms with Crippen LogP contribution >= 0.6 is 0 Å². The summed E-state index contributed by atoms with van der Waals surface area (Å²) in [6.07, 6.45) is -1.93. The topological polar surface area (TPSA) is 102 Å². The van der Waals surface area contributed by atoms with E-state index in [1.807, 2.05) is 0 Å². The van der Waals surface area contributed by atoms with Gasteiger partial charge in [-0.2, -0.15) is 0 Å². The summed E-state index contributed by atoms with van der Waals surface area (Å²) in [6, 6.07) is 5.76. The van der Waals surface area contributed by atoms with E-state index in [0.717, 1.165) is 0 Å². The molecule has 2 atom stereocenters. The molecule has 0 bridgehead atoms. The van der Waals surface area contributed by atoms with Gasteiger partial charge in [0.05, 0.1) is 24.1 Å². The van der Waals surface area contributed by atoms with Gasteiger partial charge in [0.25, 0.3) is 5.69 Å². The molecule has 1 N–H and O–H groups in total. The first-order chi connectivity index (χ1) is 9.51. The van der Waals surface area contributed by atoms with Gasteiger partial charge >= 0.3 is 6.09 Å². The molecule has 2 unspecified atom stereocenters. The lowest BCUT2D eigenvalue weighted by Crippen LogP contribution is -2.31. The average molecular weight is 282 g/mol. The van der Waals surface area contributed by atoms with Gasteiger partial charge in [0, 0.05) is 13.2 Å². The predicted molar refractivity (Wildman–Crippen MR) is 67.9 cm³/mol. The minimum absolute atomic E-state index is 0.0791. The summed E-state index contributed by atoms with van der Waals surface area (Å²) in [7, 11) is 1.47. The second kappa shape index (κ2) is 5.74. The molecule has 0 aliphatic carbocycles. The van der Waals surface area contributed by atoms with Gasteiger partial charge in [-0.25, -0.2) is 4.79 Å². The summed E-state index contributed by atoms with van der Waals surface area (Å²) in [5.74, 6) is 0.318. The van der Waals surface area contributed by atoms with E-state index in [9.17, 15) is 14.9 Å². The maximum atomic E-state index is 10.9. The van der Waals surface area contributed by atoms with E-state index in [-0.39, 0.29) is 18.8 Å². The highest BCUT2D eigenvalue weighted by molar-refractivity contribution is 5.65. The molecule has 20 heavy (non-hydrogen) atoms. The molecular weight excluding hydrogens is 268 g/mol. The van der Waals surface area contributed by atoms with Crippen molar-refractivity contribution < 1.29 is 24.3 Å². The van der Waals surface area contributed by atoms with E-state index in [4.69, 9.17) is 14.6 Å². The lowest BCUT2D eigenvalue weighted by atomic mass is 10.2. The number of methoxy groups -OCH3 is 1. The van der Waals surface area contributed by atoms with Gasteiger partial charge in [0.15, 0.2) is 0 Å². The number of non-ortho nitro benzene ring substituents is 1. The van der Waals surface area contributed by atoms with Crippen LogP contribution in [-0.2, 0) is 4.74 Å². The molecule has 1 aromatic rings. The highest BCUT2D eigenvalue weighted by atomic mass is 16.6. The zero-order valence-electron chi connectivity index (χ0n) is 10.8. The molecule has 1 amide bonds. The minimum Gasteiger partial charge on any atom is -0.486 e. The van der Waals surface area contributed by atoms with E-state index in [0.29, 0.717) is 5.75 Å². The predicted octanol–water partition coefficient (Wildman–Crippen LogP) is 1.35. The van der Waals surface area contributed by atoms with Crippen molar-refractivity contribution in [2.45, 2.75) is 12.2 Å². The number of carbonyl (C=O) groups is 1. The lowest BCUT2D eigenvalue weighted by Gasteiger charge is -2.18. The number of carboxylic acid groups (broad SMARTS) is 1. The molecule has 0 saturated carbocycles. The molecule has 1 heterocycles. The molecule has 0 spiro atoms. The summed E-state index contributed by atoms with van der Waals surface area (Å²) in [4.78, 5) is 22.3. The quantitative estimate of drug-likeness (QED) is 0.660. The Balaban J connectivity index is 2.10. The lowest BCUT2D eigenvalue weighted by molar-refractivity contribution is -0.385. The first kappa shape index (κ1) is 14.1. The van der Waals surface area contributed by atoms with Crippen molar-refractivity contribution in [2.24, 2.45) is 0 Å². The molecule has 8 heteroatoms. The fourth-order valence-electron chi connectivity index (χ4n) is 2.08. The van der Waals surface area contributed by atoms with Crippen molar-refractivity contribution in [1.29, 1.82) is 0 Å². The first-order valence-electron chi connectivity index (χ1n) is 5.93. The Morgan fingerprint density at radius 1 is 1.45 bits per heavy atom. The minimum atomic E-state index is -1.04. The standard InChI is InChI=1S/C12H14N2O6/c1-19-10-6-13(12(15)16)7-11(10)20-9-4-2-3-8(5-9)14(17)18/h2-5,10-11H,6-7H2,1H3,(H,15,16). The molecule has 1 aliphatic heterocycles. The van der Waals surface area contributed by atoms with Gasteiger partial charge in [0.2, 0.25) is 0 Å². The number of nitrogens with zero attached hydrogens (tertiary/aromatic N) is 2. The van der Waals surface area contributed by atoms with E-state index in [2.05, 4.69) is 0 Å². The molecule has 1 aliphatic rings. The van der Waals surface area contributed by atoms with Gasteiger partial charge in [-0.3, -0.25) is 10.1 Å². The van der Waals surface area contributed by atoms with Gasteiger partial charge in [-0.05, 0) is 6.07 Å². The largest absolute Gasteiger partial charge is 0.486 e. The SMILES string of the molecule is COC1CN(C(=O)O)CC1Oc1cccc([N+](=O)[O-])c1. The number of ether oxygens (including phenoxy) is 2. The van der Waals surface area contributed by atoms with Gasteiger partial charge in [0.1, 0.15) is 18.0 Å². The molecule has 1 aromatic carbocycles. The number of amides is 1. The van der Waals surface area contributed by atoms with E-state index in [1.54, 1.807) is 6.07 Å². The third kappa shape index (κ3) is 2.97. The summed E-state index contributed by atoms with van der Waals surface area (Å²) < 4.78 is 10.8. The maximum absolute atomic E-state index is 10.9. The van der Waals surface area contributed by atoms with Crippen molar-refractivity contribution in [3.05, 3.63) is 34.4 Å². The van der Waals surface area contributed by atoms with Crippen LogP contribution < -0.4 is 4.74 Å². The molecule has 108 valence electrons. The van der Waals surface area contributed by atoms with Crippen molar-refractivity contribution in [3.8, 4) is 5.75 Å². The smallest absolute Gasteiger partial charge is 0.407 e. The van der Waals surface area contributed by atoms with Crippen LogP contribution in [0.15, 0.2) is 24.3 Å². The van der Waals surface area contributed by atoms with Crippen LogP contribution in [0.25, 0.3) is 0 Å². The number of nitro groups is 1. The number of benzene rings is 1. The number of nitro benzene ring substituents is 1. The zero-order valence-corrected chi connectivity index (χ0v) is 10.8. The zero-order chi connectivity index (χ0) is 14.7. The Hall–Kier alpha value is -2.35. The normalized spacial score (nSPS) is 21.8. The van der Waals surface area contributed by atoms with Crippen LogP contribution in [0.4, 0.5) is 10.5 Å². The maximum Gasteiger partial charge on any atom is 0.407 e. The molecule has 0 aromatic heterocycles. The number of likely N-dealkylation sites (tertiary alicyclic amines) is 1. The van der Waals surface area contributed by atoms with E-state index in [1.165, 1.54) is 30.2 Å². The number of hydrogen-bond donors (Lipinski definition) is 1. The van der Waals surface area contributed by atoms with E-state index >= 15 is 0 Å². The van der Waals surface area contributed by atoms with E-state index < -0.39 is 23.2 Å². The molecule has 2 rings (SSSR count). The van der Waals surface area contributed by atoms with Gasteiger partial charge < -0.3 is 19.5 Å². The van der Waals surface area contributed by atoms with Gasteiger partial charge in [-0.1, -0.05) is 6.07 Å². The molecule has 0 radical (unpaired) electrons. The molecule has 1 fully saturated rings. The third-order valence-electron chi connectivity index (χ3n) is 3.10. The van der Waals surface area contributed by atoms with Crippen molar-refractivity contribution >= 4 is 11.8 Å². The Kier molecular flexibility index (Phi) is 4.04. The molecule has 1 saturated heterocycles. The van der Waals surface area contributed by atoms with Crippen molar-refractivity contribution in [2.75, 3.05) is 20.2 Å². The second-order valence-electron chi connectivity index (χ2n) is 4.37. The fourth-order valence-corrected chi connectivity index (χ4v) is 2.08. The van der Waals surface area contributed by atoms with Crippen LogP contribution in [0, 0.1) is 10.1 Å². The van der Waals surface area contributed by atoms with Gasteiger partial charge in [-0.15, -0.1) is 0 Å². The summed E-state index contributed by atoms with van der Waals surface area (Å²) >= 11 is 0. The Bertz CT molecular complexity index is 520. The highest BCUT2D eigenvalue weighted by Crippen LogP contribution is 2.24. The Morgan fingerprint density at radius 2 is 2.15 bits per heavy atom. The van der Waals surface area contributed by atoms with Crippen molar-refractivity contribution in [1.82, 2.24) is 4.90 Å². The average Bonchev–Trinajstić information content (AvgIpc) is 2.82.